The van der Waals surface area contributed by atoms with E-state index >= 15 is 0 Å². The minimum Gasteiger partial charge on any atom is -0.366 e. The Kier molecular flexibility index (Phi) is 4.15. The molecule has 112 valence electrons. The molecule has 0 bridgehead atoms. The first-order chi connectivity index (χ1) is 9.19. The monoisotopic (exact) mass is 274 g/mol. The van der Waals surface area contributed by atoms with E-state index in [2.05, 4.69) is 70.0 Å². The summed E-state index contributed by atoms with van der Waals surface area (Å²) in [6.45, 7) is 15.7. The van der Waals surface area contributed by atoms with Gasteiger partial charge in [0.05, 0.1) is 0 Å². The third-order valence-electron chi connectivity index (χ3n) is 4.24. The van der Waals surface area contributed by atoms with Crippen LogP contribution < -0.4 is 10.2 Å². The van der Waals surface area contributed by atoms with Crippen LogP contribution in [0.25, 0.3) is 0 Å². The standard InChI is InChI=1S/C18H30N2/c1-14-8-9-16(20-11-7-10-18(20,5)6)15(12-14)13-19-17(2,3)4/h8-9,12,19H,7,10-11,13H2,1-6H3. The fourth-order valence-electron chi connectivity index (χ4n) is 3.03. The molecule has 1 aromatic rings. The maximum Gasteiger partial charge on any atom is 0.0416 e. The van der Waals surface area contributed by atoms with Gasteiger partial charge in [0.2, 0.25) is 0 Å². The van der Waals surface area contributed by atoms with Crippen LogP contribution in [0, 0.1) is 6.92 Å². The van der Waals surface area contributed by atoms with Crippen LogP contribution in [-0.4, -0.2) is 17.6 Å². The molecular weight excluding hydrogens is 244 g/mol. The predicted octanol–water partition coefficient (Wildman–Crippen LogP) is 4.26. The Hall–Kier alpha value is -1.02. The molecule has 0 amide bonds. The smallest absolute Gasteiger partial charge is 0.0416 e. The minimum absolute atomic E-state index is 0.154. The van der Waals surface area contributed by atoms with Crippen molar-refractivity contribution in [3.63, 3.8) is 0 Å². The SMILES string of the molecule is Cc1ccc(N2CCCC2(C)C)c(CNC(C)(C)C)c1. The first-order valence-electron chi connectivity index (χ1n) is 7.81. The molecule has 1 saturated heterocycles. The molecule has 1 fully saturated rings. The third kappa shape index (κ3) is 3.54. The molecule has 2 heteroatoms. The van der Waals surface area contributed by atoms with Crippen molar-refractivity contribution in [2.45, 2.75) is 72.0 Å². The van der Waals surface area contributed by atoms with Gasteiger partial charge >= 0.3 is 0 Å². The maximum absolute atomic E-state index is 3.63. The highest BCUT2D eigenvalue weighted by atomic mass is 15.2. The summed E-state index contributed by atoms with van der Waals surface area (Å²) in [5, 5.41) is 3.63. The van der Waals surface area contributed by atoms with Crippen LogP contribution in [0.2, 0.25) is 0 Å². The first kappa shape index (κ1) is 15.4. The van der Waals surface area contributed by atoms with Crippen molar-refractivity contribution in [2.24, 2.45) is 0 Å². The van der Waals surface area contributed by atoms with Crippen LogP contribution in [0.1, 0.15) is 58.6 Å². The van der Waals surface area contributed by atoms with Crippen LogP contribution in [0.4, 0.5) is 5.69 Å². The molecule has 0 aromatic heterocycles. The number of anilines is 1. The summed E-state index contributed by atoms with van der Waals surface area (Å²) in [4.78, 5) is 2.59. The highest BCUT2D eigenvalue weighted by molar-refractivity contribution is 5.57. The van der Waals surface area contributed by atoms with Crippen molar-refractivity contribution in [1.29, 1.82) is 0 Å². The van der Waals surface area contributed by atoms with Gasteiger partial charge in [-0.15, -0.1) is 0 Å². The van der Waals surface area contributed by atoms with Gasteiger partial charge in [0.1, 0.15) is 0 Å². The molecule has 2 rings (SSSR count). The van der Waals surface area contributed by atoms with E-state index in [0.717, 1.165) is 6.54 Å². The molecule has 0 atom stereocenters. The van der Waals surface area contributed by atoms with E-state index in [4.69, 9.17) is 0 Å². The van der Waals surface area contributed by atoms with E-state index in [-0.39, 0.29) is 11.1 Å². The van der Waals surface area contributed by atoms with Gasteiger partial charge in [0, 0.05) is 29.9 Å². The number of hydrogen-bond donors (Lipinski definition) is 1. The average molecular weight is 274 g/mol. The summed E-state index contributed by atoms with van der Waals surface area (Å²) in [6.07, 6.45) is 2.58. The molecule has 1 aromatic carbocycles. The number of aryl methyl sites for hydroxylation is 1. The van der Waals surface area contributed by atoms with Gasteiger partial charge in [0.15, 0.2) is 0 Å². The molecule has 2 nitrogen and oxygen atoms in total. The molecular formula is C18H30N2. The predicted molar refractivity (Wildman–Crippen MR) is 88.4 cm³/mol. The van der Waals surface area contributed by atoms with E-state index in [1.807, 2.05) is 0 Å². The van der Waals surface area contributed by atoms with Crippen molar-refractivity contribution < 1.29 is 0 Å². The summed E-state index contributed by atoms with van der Waals surface area (Å²) in [7, 11) is 0. The van der Waals surface area contributed by atoms with Gasteiger partial charge in [-0.1, -0.05) is 17.7 Å². The molecule has 0 spiro atoms. The Bertz CT molecular complexity index is 469. The molecule has 0 aliphatic carbocycles. The zero-order valence-corrected chi connectivity index (χ0v) is 14.0. The van der Waals surface area contributed by atoms with Crippen LogP contribution in [0.5, 0.6) is 0 Å². The van der Waals surface area contributed by atoms with E-state index < -0.39 is 0 Å². The minimum atomic E-state index is 0.154. The maximum atomic E-state index is 3.63. The Morgan fingerprint density at radius 1 is 1.25 bits per heavy atom. The lowest BCUT2D eigenvalue weighted by Crippen LogP contribution is -2.40. The molecule has 1 N–H and O–H groups in total. The number of benzene rings is 1. The van der Waals surface area contributed by atoms with Gasteiger partial charge in [-0.3, -0.25) is 0 Å². The van der Waals surface area contributed by atoms with Crippen LogP contribution in [0.3, 0.4) is 0 Å². The van der Waals surface area contributed by atoms with Crippen LogP contribution in [0.15, 0.2) is 18.2 Å². The fourth-order valence-corrected chi connectivity index (χ4v) is 3.03. The normalized spacial score (nSPS) is 18.6. The molecule has 20 heavy (non-hydrogen) atoms. The van der Waals surface area contributed by atoms with Gasteiger partial charge in [-0.05, 0) is 66.0 Å². The first-order valence-corrected chi connectivity index (χ1v) is 7.81. The molecule has 0 radical (unpaired) electrons. The fraction of sp³-hybridized carbons (Fsp3) is 0.667. The second-order valence-corrected chi connectivity index (χ2v) is 7.80. The topological polar surface area (TPSA) is 15.3 Å². The highest BCUT2D eigenvalue weighted by Crippen LogP contribution is 2.36. The highest BCUT2D eigenvalue weighted by Gasteiger charge is 2.33. The Morgan fingerprint density at radius 3 is 2.50 bits per heavy atom. The largest absolute Gasteiger partial charge is 0.366 e. The number of hydrogen-bond acceptors (Lipinski definition) is 2. The lowest BCUT2D eigenvalue weighted by atomic mass is 9.99. The van der Waals surface area contributed by atoms with Gasteiger partial charge in [0.25, 0.3) is 0 Å². The van der Waals surface area contributed by atoms with Gasteiger partial charge in [-0.2, -0.15) is 0 Å². The van der Waals surface area contributed by atoms with Crippen LogP contribution in [-0.2, 0) is 6.54 Å². The zero-order chi connectivity index (χ0) is 15.0. The third-order valence-corrected chi connectivity index (χ3v) is 4.24. The van der Waals surface area contributed by atoms with Crippen molar-refractivity contribution in [2.75, 3.05) is 11.4 Å². The van der Waals surface area contributed by atoms with Gasteiger partial charge < -0.3 is 10.2 Å². The summed E-state index contributed by atoms with van der Waals surface area (Å²) in [5.74, 6) is 0. The summed E-state index contributed by atoms with van der Waals surface area (Å²) in [5.41, 5.74) is 4.62. The van der Waals surface area contributed by atoms with Crippen molar-refractivity contribution >= 4 is 5.69 Å². The number of nitrogens with zero attached hydrogens (tertiary/aromatic N) is 1. The number of rotatable bonds is 3. The van der Waals surface area contributed by atoms with E-state index in [1.165, 1.54) is 36.2 Å². The van der Waals surface area contributed by atoms with E-state index in [0.29, 0.717) is 0 Å². The van der Waals surface area contributed by atoms with Crippen molar-refractivity contribution in [1.82, 2.24) is 5.32 Å². The molecule has 1 aliphatic heterocycles. The number of nitrogens with one attached hydrogen (secondary N) is 1. The summed E-state index contributed by atoms with van der Waals surface area (Å²) < 4.78 is 0. The Labute approximate surface area is 124 Å². The molecule has 1 aliphatic rings. The van der Waals surface area contributed by atoms with Crippen molar-refractivity contribution in [3.8, 4) is 0 Å². The Balaban J connectivity index is 2.28. The van der Waals surface area contributed by atoms with E-state index in [1.54, 1.807) is 0 Å². The van der Waals surface area contributed by atoms with Crippen LogP contribution >= 0.6 is 0 Å². The Morgan fingerprint density at radius 2 is 1.95 bits per heavy atom. The molecule has 1 heterocycles. The molecule has 0 saturated carbocycles. The lowest BCUT2D eigenvalue weighted by Gasteiger charge is -2.36. The van der Waals surface area contributed by atoms with E-state index in [9.17, 15) is 0 Å². The zero-order valence-electron chi connectivity index (χ0n) is 14.0. The second-order valence-electron chi connectivity index (χ2n) is 7.80. The quantitative estimate of drug-likeness (QED) is 0.886. The second kappa shape index (κ2) is 5.40. The summed E-state index contributed by atoms with van der Waals surface area (Å²) >= 11 is 0. The van der Waals surface area contributed by atoms with Gasteiger partial charge in [-0.25, -0.2) is 0 Å². The summed E-state index contributed by atoms with van der Waals surface area (Å²) in [6, 6.07) is 6.88. The average Bonchev–Trinajstić information content (AvgIpc) is 2.66. The molecule has 0 unspecified atom stereocenters. The lowest BCUT2D eigenvalue weighted by molar-refractivity contribution is 0.423. The van der Waals surface area contributed by atoms with Crippen molar-refractivity contribution in [3.05, 3.63) is 29.3 Å².